The molecule has 1 saturated heterocycles. The average molecular weight is 252 g/mol. The van der Waals surface area contributed by atoms with Crippen LogP contribution in [-0.4, -0.2) is 24.5 Å². The monoisotopic (exact) mass is 252 g/mol. The minimum absolute atomic E-state index is 0.0487. The molecule has 2 unspecified atom stereocenters. The van der Waals surface area contributed by atoms with Gasteiger partial charge in [0.2, 0.25) is 5.91 Å². The van der Waals surface area contributed by atoms with Gasteiger partial charge in [0.15, 0.2) is 0 Å². The van der Waals surface area contributed by atoms with Gasteiger partial charge in [0.05, 0.1) is 6.04 Å². The first-order valence-electron chi connectivity index (χ1n) is 7.74. The maximum atomic E-state index is 12.3. The Hall–Kier alpha value is -0.570. The summed E-state index contributed by atoms with van der Waals surface area (Å²) in [5.41, 5.74) is 0. The number of carbonyl (C=O) groups is 1. The van der Waals surface area contributed by atoms with E-state index in [0.29, 0.717) is 12.0 Å². The lowest BCUT2D eigenvalue weighted by Gasteiger charge is -2.30. The normalized spacial score (nSPS) is 31.2. The Morgan fingerprint density at radius 1 is 1.33 bits per heavy atom. The van der Waals surface area contributed by atoms with Crippen LogP contribution in [0, 0.1) is 11.8 Å². The minimum Gasteiger partial charge on any atom is -0.352 e. The lowest BCUT2D eigenvalue weighted by molar-refractivity contribution is -0.125. The first-order chi connectivity index (χ1) is 8.70. The predicted octanol–water partition coefficient (Wildman–Crippen LogP) is 2.46. The van der Waals surface area contributed by atoms with Crippen LogP contribution in [0.1, 0.15) is 58.8 Å². The summed E-state index contributed by atoms with van der Waals surface area (Å²) < 4.78 is 0. The molecule has 0 aromatic heterocycles. The van der Waals surface area contributed by atoms with Crippen molar-refractivity contribution in [1.29, 1.82) is 0 Å². The Morgan fingerprint density at radius 2 is 2.06 bits per heavy atom. The fourth-order valence-corrected chi connectivity index (χ4v) is 3.47. The molecule has 1 amide bonds. The van der Waals surface area contributed by atoms with Gasteiger partial charge in [-0.15, -0.1) is 0 Å². The Balaban J connectivity index is 1.79. The van der Waals surface area contributed by atoms with Crippen molar-refractivity contribution in [2.24, 2.45) is 11.8 Å². The minimum atomic E-state index is 0.0487. The van der Waals surface area contributed by atoms with Gasteiger partial charge in [0, 0.05) is 6.04 Å². The van der Waals surface area contributed by atoms with Crippen molar-refractivity contribution in [3.8, 4) is 0 Å². The number of hydrogen-bond donors (Lipinski definition) is 2. The predicted molar refractivity (Wildman–Crippen MR) is 74.4 cm³/mol. The molecule has 0 spiro atoms. The largest absolute Gasteiger partial charge is 0.352 e. The van der Waals surface area contributed by atoms with Crippen molar-refractivity contribution in [3.05, 3.63) is 0 Å². The molecule has 1 aliphatic heterocycles. The summed E-state index contributed by atoms with van der Waals surface area (Å²) in [5.74, 6) is 1.66. The quantitative estimate of drug-likeness (QED) is 0.807. The third kappa shape index (κ3) is 3.47. The molecule has 1 heterocycles. The highest BCUT2D eigenvalue weighted by atomic mass is 16.2. The molecule has 3 atom stereocenters. The summed E-state index contributed by atoms with van der Waals surface area (Å²) in [5, 5.41) is 6.60. The fourth-order valence-electron chi connectivity index (χ4n) is 3.47. The summed E-state index contributed by atoms with van der Waals surface area (Å²) in [6.45, 7) is 5.40. The van der Waals surface area contributed by atoms with E-state index in [1.807, 2.05) is 0 Å². The highest BCUT2D eigenvalue weighted by Gasteiger charge is 2.29. The third-order valence-electron chi connectivity index (χ3n) is 4.88. The van der Waals surface area contributed by atoms with E-state index in [2.05, 4.69) is 24.5 Å². The molecule has 2 aliphatic rings. The summed E-state index contributed by atoms with van der Waals surface area (Å²) in [6, 6.07) is 0.399. The van der Waals surface area contributed by atoms with Gasteiger partial charge >= 0.3 is 0 Å². The molecule has 3 nitrogen and oxygen atoms in total. The molecule has 0 aromatic rings. The topological polar surface area (TPSA) is 41.1 Å². The van der Waals surface area contributed by atoms with E-state index < -0.39 is 0 Å². The van der Waals surface area contributed by atoms with Gasteiger partial charge in [-0.25, -0.2) is 0 Å². The molecule has 2 N–H and O–H groups in total. The number of rotatable bonds is 4. The average Bonchev–Trinajstić information content (AvgIpc) is 2.92. The van der Waals surface area contributed by atoms with E-state index in [4.69, 9.17) is 0 Å². The summed E-state index contributed by atoms with van der Waals surface area (Å²) in [6.07, 6.45) is 8.69. The van der Waals surface area contributed by atoms with Crippen molar-refractivity contribution in [1.82, 2.24) is 10.6 Å². The maximum absolute atomic E-state index is 12.3. The molecule has 0 bridgehead atoms. The zero-order valence-corrected chi connectivity index (χ0v) is 11.9. The van der Waals surface area contributed by atoms with Crippen molar-refractivity contribution in [2.75, 3.05) is 6.54 Å². The van der Waals surface area contributed by atoms with E-state index in [0.717, 1.165) is 18.9 Å². The van der Waals surface area contributed by atoms with Crippen LogP contribution in [0.5, 0.6) is 0 Å². The van der Waals surface area contributed by atoms with Gasteiger partial charge in [-0.05, 0) is 51.0 Å². The zero-order valence-electron chi connectivity index (χ0n) is 11.9. The van der Waals surface area contributed by atoms with Crippen LogP contribution in [0.25, 0.3) is 0 Å². The lowest BCUT2D eigenvalue weighted by Crippen LogP contribution is -2.51. The van der Waals surface area contributed by atoms with Crippen LogP contribution in [0.2, 0.25) is 0 Å². The molecule has 1 saturated carbocycles. The highest BCUT2D eigenvalue weighted by molar-refractivity contribution is 5.82. The standard InChI is InChI=1S/C15H28N2O/c1-3-12-8-9-16-14(10-12)15(18)17-11(2)13-6-4-5-7-13/h11-14,16H,3-10H2,1-2H3,(H,17,18)/t11-,12?,14?/m0/s1. The van der Waals surface area contributed by atoms with E-state index in [1.165, 1.54) is 38.5 Å². The molecular formula is C15H28N2O. The zero-order chi connectivity index (χ0) is 13.0. The van der Waals surface area contributed by atoms with Crippen LogP contribution >= 0.6 is 0 Å². The summed E-state index contributed by atoms with van der Waals surface area (Å²) >= 11 is 0. The molecule has 104 valence electrons. The molecular weight excluding hydrogens is 224 g/mol. The first kappa shape index (κ1) is 13.9. The van der Waals surface area contributed by atoms with Crippen LogP contribution < -0.4 is 10.6 Å². The Kier molecular flexibility index (Phi) is 5.04. The molecule has 18 heavy (non-hydrogen) atoms. The van der Waals surface area contributed by atoms with Crippen molar-refractivity contribution < 1.29 is 4.79 Å². The first-order valence-corrected chi connectivity index (χ1v) is 7.74. The number of amides is 1. The van der Waals surface area contributed by atoms with Crippen LogP contribution in [0.15, 0.2) is 0 Å². The van der Waals surface area contributed by atoms with Gasteiger partial charge in [0.1, 0.15) is 0 Å². The fraction of sp³-hybridized carbons (Fsp3) is 0.933. The molecule has 0 radical (unpaired) electrons. The second-order valence-electron chi connectivity index (χ2n) is 6.15. The van der Waals surface area contributed by atoms with Gasteiger partial charge in [-0.3, -0.25) is 4.79 Å². The maximum Gasteiger partial charge on any atom is 0.237 e. The summed E-state index contributed by atoms with van der Waals surface area (Å²) in [7, 11) is 0. The van der Waals surface area contributed by atoms with Crippen LogP contribution in [0.3, 0.4) is 0 Å². The van der Waals surface area contributed by atoms with Gasteiger partial charge in [-0.2, -0.15) is 0 Å². The molecule has 2 fully saturated rings. The van der Waals surface area contributed by atoms with Crippen molar-refractivity contribution in [2.45, 2.75) is 70.9 Å². The van der Waals surface area contributed by atoms with E-state index in [-0.39, 0.29) is 11.9 Å². The third-order valence-corrected chi connectivity index (χ3v) is 4.88. The van der Waals surface area contributed by atoms with Gasteiger partial charge in [-0.1, -0.05) is 26.2 Å². The van der Waals surface area contributed by atoms with Gasteiger partial charge < -0.3 is 10.6 Å². The van der Waals surface area contributed by atoms with E-state index in [1.54, 1.807) is 0 Å². The molecule has 1 aliphatic carbocycles. The van der Waals surface area contributed by atoms with Gasteiger partial charge in [0.25, 0.3) is 0 Å². The second kappa shape index (κ2) is 6.55. The Labute approximate surface area is 111 Å². The Bertz CT molecular complexity index is 274. The van der Waals surface area contributed by atoms with Crippen molar-refractivity contribution >= 4 is 5.91 Å². The smallest absolute Gasteiger partial charge is 0.237 e. The Morgan fingerprint density at radius 3 is 2.72 bits per heavy atom. The van der Waals surface area contributed by atoms with Crippen molar-refractivity contribution in [3.63, 3.8) is 0 Å². The molecule has 3 heteroatoms. The number of piperidine rings is 1. The second-order valence-corrected chi connectivity index (χ2v) is 6.15. The molecule has 0 aromatic carbocycles. The van der Waals surface area contributed by atoms with Crippen LogP contribution in [-0.2, 0) is 4.79 Å². The van der Waals surface area contributed by atoms with Crippen LogP contribution in [0.4, 0.5) is 0 Å². The molecule has 2 rings (SSSR count). The highest BCUT2D eigenvalue weighted by Crippen LogP contribution is 2.27. The van der Waals surface area contributed by atoms with E-state index >= 15 is 0 Å². The lowest BCUT2D eigenvalue weighted by atomic mass is 9.89. The summed E-state index contributed by atoms with van der Waals surface area (Å²) in [4.78, 5) is 12.3. The number of hydrogen-bond acceptors (Lipinski definition) is 2. The SMILES string of the molecule is CCC1CCNC(C(=O)N[C@@H](C)C2CCCC2)C1. The van der Waals surface area contributed by atoms with E-state index in [9.17, 15) is 4.79 Å². The number of nitrogens with one attached hydrogen (secondary N) is 2. The number of carbonyl (C=O) groups excluding carboxylic acids is 1.